The van der Waals surface area contributed by atoms with Gasteiger partial charge in [-0.15, -0.1) is 0 Å². The molecule has 134 valence electrons. The zero-order chi connectivity index (χ0) is 18.2. The summed E-state index contributed by atoms with van der Waals surface area (Å²) in [6.07, 6.45) is 3.82. The van der Waals surface area contributed by atoms with Crippen LogP contribution in [0.15, 0.2) is 18.3 Å². The number of hydrogen-bond donors (Lipinski definition) is 2. The Morgan fingerprint density at radius 2 is 2.16 bits per heavy atom. The fourth-order valence-corrected chi connectivity index (χ4v) is 3.85. The highest BCUT2D eigenvalue weighted by atomic mass is 16.4. The molecule has 3 rings (SSSR count). The number of pyridine rings is 1. The largest absolute Gasteiger partial charge is 0.481 e. The summed E-state index contributed by atoms with van der Waals surface area (Å²) in [5, 5.41) is 12.4. The summed E-state index contributed by atoms with van der Waals surface area (Å²) < 4.78 is 0. The molecular weight excluding hydrogens is 324 g/mol. The van der Waals surface area contributed by atoms with Gasteiger partial charge in [0.15, 0.2) is 0 Å². The Balaban J connectivity index is 1.71. The van der Waals surface area contributed by atoms with Crippen molar-refractivity contribution in [2.45, 2.75) is 19.3 Å². The first kappa shape index (κ1) is 17.2. The van der Waals surface area contributed by atoms with Gasteiger partial charge in [0, 0.05) is 39.1 Å². The van der Waals surface area contributed by atoms with Crippen LogP contribution in [0.4, 0.5) is 10.5 Å². The molecule has 0 bridgehead atoms. The van der Waals surface area contributed by atoms with E-state index < -0.39 is 11.4 Å². The lowest BCUT2D eigenvalue weighted by atomic mass is 9.81. The summed E-state index contributed by atoms with van der Waals surface area (Å²) in [5.74, 6) is -1.05. The summed E-state index contributed by atoms with van der Waals surface area (Å²) in [5.41, 5.74) is -0.100. The van der Waals surface area contributed by atoms with Crippen LogP contribution in [0.3, 0.4) is 0 Å². The number of carbonyl (C=O) groups excluding carboxylic acids is 2. The molecule has 0 unspecified atom stereocenters. The highest BCUT2D eigenvalue weighted by Gasteiger charge is 2.55. The third-order valence-corrected chi connectivity index (χ3v) is 5.22. The SMILES string of the molecule is CN(C)C(=O)c1cc(NC(=O)N2C[C@@H]3CCC[C@@]3(C(=O)O)C2)ccn1. The van der Waals surface area contributed by atoms with Crippen LogP contribution >= 0.6 is 0 Å². The van der Waals surface area contributed by atoms with Crippen molar-refractivity contribution < 1.29 is 19.5 Å². The van der Waals surface area contributed by atoms with Crippen LogP contribution in [0.25, 0.3) is 0 Å². The molecule has 0 aromatic carbocycles. The Kier molecular flexibility index (Phi) is 4.36. The normalized spacial score (nSPS) is 24.7. The van der Waals surface area contributed by atoms with Gasteiger partial charge in [-0.3, -0.25) is 14.6 Å². The molecule has 3 amide bonds. The molecule has 1 saturated heterocycles. The Morgan fingerprint density at radius 1 is 1.40 bits per heavy atom. The summed E-state index contributed by atoms with van der Waals surface area (Å²) >= 11 is 0. The van der Waals surface area contributed by atoms with Crippen LogP contribution < -0.4 is 5.32 Å². The first-order valence-electron chi connectivity index (χ1n) is 8.30. The van der Waals surface area contributed by atoms with E-state index in [9.17, 15) is 19.5 Å². The Bertz CT molecular complexity index is 720. The molecule has 1 saturated carbocycles. The Morgan fingerprint density at radius 3 is 2.80 bits per heavy atom. The van der Waals surface area contributed by atoms with E-state index in [1.165, 1.54) is 17.2 Å². The molecule has 8 nitrogen and oxygen atoms in total. The zero-order valence-corrected chi connectivity index (χ0v) is 14.4. The van der Waals surface area contributed by atoms with Gasteiger partial charge in [-0.1, -0.05) is 6.42 Å². The van der Waals surface area contributed by atoms with Crippen molar-refractivity contribution in [1.29, 1.82) is 0 Å². The van der Waals surface area contributed by atoms with Crippen LogP contribution in [0.5, 0.6) is 0 Å². The fraction of sp³-hybridized carbons (Fsp3) is 0.529. The molecule has 0 spiro atoms. The summed E-state index contributed by atoms with van der Waals surface area (Å²) in [7, 11) is 3.26. The molecule has 25 heavy (non-hydrogen) atoms. The topological polar surface area (TPSA) is 103 Å². The van der Waals surface area contributed by atoms with Gasteiger partial charge in [-0.25, -0.2) is 4.79 Å². The van der Waals surface area contributed by atoms with E-state index >= 15 is 0 Å². The second-order valence-corrected chi connectivity index (χ2v) is 6.99. The number of carbonyl (C=O) groups is 3. The number of nitrogens with zero attached hydrogens (tertiary/aromatic N) is 3. The first-order chi connectivity index (χ1) is 11.8. The number of hydrogen-bond acceptors (Lipinski definition) is 4. The lowest BCUT2D eigenvalue weighted by Crippen LogP contribution is -2.38. The highest BCUT2D eigenvalue weighted by molar-refractivity contribution is 5.95. The number of urea groups is 1. The monoisotopic (exact) mass is 346 g/mol. The second kappa shape index (κ2) is 6.34. The first-order valence-corrected chi connectivity index (χ1v) is 8.30. The van der Waals surface area contributed by atoms with Gasteiger partial charge in [0.1, 0.15) is 5.69 Å². The van der Waals surface area contributed by atoms with Crippen molar-refractivity contribution >= 4 is 23.6 Å². The molecule has 1 aliphatic carbocycles. The van der Waals surface area contributed by atoms with Gasteiger partial charge >= 0.3 is 12.0 Å². The van der Waals surface area contributed by atoms with Gasteiger partial charge in [0.2, 0.25) is 0 Å². The summed E-state index contributed by atoms with van der Waals surface area (Å²) in [6.45, 7) is 0.681. The van der Waals surface area contributed by atoms with Crippen LogP contribution in [0, 0.1) is 11.3 Å². The van der Waals surface area contributed by atoms with E-state index in [1.54, 1.807) is 25.1 Å². The van der Waals surface area contributed by atoms with Crippen LogP contribution in [0.2, 0.25) is 0 Å². The fourth-order valence-electron chi connectivity index (χ4n) is 3.85. The van der Waals surface area contributed by atoms with Crippen molar-refractivity contribution in [3.63, 3.8) is 0 Å². The average Bonchev–Trinajstić information content (AvgIpc) is 3.12. The molecule has 8 heteroatoms. The quantitative estimate of drug-likeness (QED) is 0.863. The van der Waals surface area contributed by atoms with E-state index in [-0.39, 0.29) is 30.1 Å². The number of aromatic nitrogens is 1. The van der Waals surface area contributed by atoms with Crippen LogP contribution in [0.1, 0.15) is 29.8 Å². The van der Waals surface area contributed by atoms with Crippen LogP contribution in [-0.4, -0.2) is 65.0 Å². The van der Waals surface area contributed by atoms with E-state index in [1.807, 2.05) is 0 Å². The van der Waals surface area contributed by atoms with Crippen molar-refractivity contribution in [3.8, 4) is 0 Å². The number of fused-ring (bicyclic) bond motifs is 1. The van der Waals surface area contributed by atoms with Gasteiger partial charge in [-0.05, 0) is 30.9 Å². The number of carboxylic acids is 1. The molecule has 1 aliphatic heterocycles. The molecule has 0 radical (unpaired) electrons. The smallest absolute Gasteiger partial charge is 0.321 e. The second-order valence-electron chi connectivity index (χ2n) is 6.99. The van der Waals surface area contributed by atoms with Crippen molar-refractivity contribution in [3.05, 3.63) is 24.0 Å². The van der Waals surface area contributed by atoms with Crippen LogP contribution in [-0.2, 0) is 4.79 Å². The van der Waals surface area contributed by atoms with E-state index in [0.717, 1.165) is 12.8 Å². The third kappa shape index (κ3) is 3.04. The minimum atomic E-state index is -0.812. The Hall–Kier alpha value is -2.64. The molecule has 1 aromatic heterocycles. The highest BCUT2D eigenvalue weighted by Crippen LogP contribution is 2.48. The number of nitrogens with one attached hydrogen (secondary N) is 1. The number of likely N-dealkylation sites (tertiary alicyclic amines) is 1. The Labute approximate surface area is 145 Å². The van der Waals surface area contributed by atoms with E-state index in [0.29, 0.717) is 18.7 Å². The maximum atomic E-state index is 12.5. The average molecular weight is 346 g/mol. The summed E-state index contributed by atoms with van der Waals surface area (Å²) in [4.78, 5) is 43.2. The van der Waals surface area contributed by atoms with Crippen molar-refractivity contribution in [2.24, 2.45) is 11.3 Å². The van der Waals surface area contributed by atoms with E-state index in [2.05, 4.69) is 10.3 Å². The predicted octanol–water partition coefficient (Wildman–Crippen LogP) is 1.50. The van der Waals surface area contributed by atoms with Gasteiger partial charge in [0.05, 0.1) is 5.41 Å². The van der Waals surface area contributed by atoms with Gasteiger partial charge in [0.25, 0.3) is 5.91 Å². The lowest BCUT2D eigenvalue weighted by molar-refractivity contribution is -0.149. The number of aliphatic carboxylic acids is 1. The number of carboxylic acid groups (broad SMARTS) is 1. The minimum absolute atomic E-state index is 0.0130. The lowest BCUT2D eigenvalue weighted by Gasteiger charge is -2.23. The predicted molar refractivity (Wildman–Crippen MR) is 90.3 cm³/mol. The number of amides is 3. The third-order valence-electron chi connectivity index (χ3n) is 5.22. The molecule has 2 aliphatic rings. The molecule has 2 N–H and O–H groups in total. The molecular formula is C17H22N4O4. The van der Waals surface area contributed by atoms with E-state index in [4.69, 9.17) is 0 Å². The van der Waals surface area contributed by atoms with Gasteiger partial charge < -0.3 is 20.2 Å². The van der Waals surface area contributed by atoms with Gasteiger partial charge in [-0.2, -0.15) is 0 Å². The number of rotatable bonds is 3. The molecule has 2 heterocycles. The molecule has 1 aromatic rings. The van der Waals surface area contributed by atoms with Crippen molar-refractivity contribution in [2.75, 3.05) is 32.5 Å². The summed E-state index contributed by atoms with van der Waals surface area (Å²) in [6, 6.07) is 2.78. The number of anilines is 1. The molecule has 2 atom stereocenters. The van der Waals surface area contributed by atoms with Crippen molar-refractivity contribution in [1.82, 2.24) is 14.8 Å². The molecule has 2 fully saturated rings. The maximum Gasteiger partial charge on any atom is 0.321 e. The standard InChI is InChI=1S/C17H22N4O4/c1-20(2)14(22)13-8-12(5-7-18-13)19-16(25)21-9-11-4-3-6-17(11,10-21)15(23)24/h5,7-8,11H,3-4,6,9-10H2,1-2H3,(H,23,24)(H,18,19,25)/t11-,17+/m0/s1. The maximum absolute atomic E-state index is 12.5. The zero-order valence-electron chi connectivity index (χ0n) is 14.4. The minimum Gasteiger partial charge on any atom is -0.481 e.